The van der Waals surface area contributed by atoms with E-state index in [0.29, 0.717) is 6.54 Å². The lowest BCUT2D eigenvalue weighted by atomic mass is 10.1. The molecule has 2 rings (SSSR count). The first-order valence-electron chi connectivity index (χ1n) is 6.47. The highest BCUT2D eigenvalue weighted by atomic mass is 19.1. The zero-order valence-electron chi connectivity index (χ0n) is 10.3. The summed E-state index contributed by atoms with van der Waals surface area (Å²) in [5.74, 6) is -0.0322. The molecule has 1 aromatic rings. The van der Waals surface area contributed by atoms with Crippen molar-refractivity contribution < 1.29 is 13.7 Å². The third kappa shape index (κ3) is 3.50. The molecule has 0 aliphatic heterocycles. The van der Waals surface area contributed by atoms with Crippen molar-refractivity contribution >= 4 is 0 Å². The molecule has 1 N–H and O–H groups in total. The molecule has 0 amide bonds. The second-order valence-electron chi connectivity index (χ2n) is 5.02. The predicted molar refractivity (Wildman–Crippen MR) is 63.8 cm³/mol. The molecule has 1 aliphatic carbocycles. The third-order valence-corrected chi connectivity index (χ3v) is 3.37. The van der Waals surface area contributed by atoms with Crippen LogP contribution in [0.2, 0.25) is 0 Å². The summed E-state index contributed by atoms with van der Waals surface area (Å²) in [6.07, 6.45) is 3.62. The van der Waals surface area contributed by atoms with Crippen molar-refractivity contribution in [3.05, 3.63) is 35.4 Å². The number of hydrogen-bond acceptors (Lipinski definition) is 0. The van der Waals surface area contributed by atoms with E-state index >= 15 is 0 Å². The highest BCUT2D eigenvalue weighted by Crippen LogP contribution is 2.26. The molecule has 1 saturated carbocycles. The molecule has 1 aromatic carbocycles. The Morgan fingerprint density at radius 3 is 2.41 bits per heavy atom. The van der Waals surface area contributed by atoms with Gasteiger partial charge in [-0.2, -0.15) is 0 Å². The Labute approximate surface area is 101 Å². The molecular formula is C14H20F2N+. The number of hydrogen-bond donors (Lipinski definition) is 1. The Hall–Kier alpha value is -0.960. The molecule has 0 heterocycles. The number of benzene rings is 1. The molecule has 0 bridgehead atoms. The van der Waals surface area contributed by atoms with Crippen LogP contribution in [0.15, 0.2) is 18.2 Å². The summed E-state index contributed by atoms with van der Waals surface area (Å²) in [5, 5.41) is 0. The Morgan fingerprint density at radius 2 is 1.88 bits per heavy atom. The van der Waals surface area contributed by atoms with Gasteiger partial charge in [-0.05, 0) is 31.4 Å². The third-order valence-electron chi connectivity index (χ3n) is 3.37. The van der Waals surface area contributed by atoms with E-state index in [4.69, 9.17) is 0 Å². The van der Waals surface area contributed by atoms with Gasteiger partial charge in [-0.25, -0.2) is 8.78 Å². The molecule has 3 heteroatoms. The van der Waals surface area contributed by atoms with Crippen LogP contribution < -0.4 is 4.90 Å². The van der Waals surface area contributed by atoms with E-state index in [1.807, 2.05) is 0 Å². The molecule has 1 aliphatic rings. The molecule has 0 aromatic heterocycles. The highest BCUT2D eigenvalue weighted by molar-refractivity contribution is 5.18. The van der Waals surface area contributed by atoms with E-state index in [1.165, 1.54) is 35.9 Å². The van der Waals surface area contributed by atoms with E-state index < -0.39 is 11.6 Å². The fourth-order valence-electron chi connectivity index (χ4n) is 2.30. The van der Waals surface area contributed by atoms with Gasteiger partial charge in [-0.3, -0.25) is 0 Å². The van der Waals surface area contributed by atoms with Crippen molar-refractivity contribution in [1.29, 1.82) is 0 Å². The minimum absolute atomic E-state index is 0.247. The second kappa shape index (κ2) is 5.58. The van der Waals surface area contributed by atoms with Gasteiger partial charge in [0.25, 0.3) is 0 Å². The first-order chi connectivity index (χ1) is 8.20. The summed E-state index contributed by atoms with van der Waals surface area (Å²) < 4.78 is 27.1. The topological polar surface area (TPSA) is 4.44 Å². The van der Waals surface area contributed by atoms with Crippen LogP contribution in [-0.4, -0.2) is 13.1 Å². The van der Waals surface area contributed by atoms with Gasteiger partial charge in [0, 0.05) is 5.92 Å². The minimum atomic E-state index is -0.408. The van der Waals surface area contributed by atoms with Crippen LogP contribution in [0.25, 0.3) is 0 Å². The lowest BCUT2D eigenvalue weighted by molar-refractivity contribution is -0.916. The van der Waals surface area contributed by atoms with Gasteiger partial charge < -0.3 is 4.90 Å². The van der Waals surface area contributed by atoms with E-state index in [9.17, 15) is 8.78 Å². The van der Waals surface area contributed by atoms with E-state index in [1.54, 1.807) is 0 Å². The number of rotatable bonds is 6. The van der Waals surface area contributed by atoms with E-state index in [-0.39, 0.29) is 5.56 Å². The summed E-state index contributed by atoms with van der Waals surface area (Å²) in [6.45, 7) is 4.64. The van der Waals surface area contributed by atoms with Gasteiger partial charge in [0.05, 0.1) is 18.7 Å². The fraction of sp³-hybridized carbons (Fsp3) is 0.571. The van der Waals surface area contributed by atoms with Crippen LogP contribution in [0.5, 0.6) is 0 Å². The first-order valence-corrected chi connectivity index (χ1v) is 6.47. The number of halogens is 2. The lowest BCUT2D eigenvalue weighted by Gasteiger charge is -2.19. The molecule has 1 atom stereocenters. The molecule has 1 nitrogen and oxygen atoms in total. The molecule has 1 fully saturated rings. The lowest BCUT2D eigenvalue weighted by Crippen LogP contribution is -3.11. The Morgan fingerprint density at radius 1 is 1.24 bits per heavy atom. The van der Waals surface area contributed by atoms with Gasteiger partial charge >= 0.3 is 0 Å². The van der Waals surface area contributed by atoms with Crippen LogP contribution >= 0.6 is 0 Å². The van der Waals surface area contributed by atoms with E-state index in [2.05, 4.69) is 6.92 Å². The minimum Gasteiger partial charge on any atom is -0.331 e. The van der Waals surface area contributed by atoms with Gasteiger partial charge in [-0.1, -0.05) is 13.0 Å². The van der Waals surface area contributed by atoms with Gasteiger partial charge in [0.1, 0.15) is 18.2 Å². The Balaban J connectivity index is 2.04. The summed E-state index contributed by atoms with van der Waals surface area (Å²) >= 11 is 0. The Kier molecular flexibility index (Phi) is 4.11. The van der Waals surface area contributed by atoms with Crippen LogP contribution in [-0.2, 0) is 6.54 Å². The smallest absolute Gasteiger partial charge is 0.135 e. The molecule has 0 radical (unpaired) electrons. The quantitative estimate of drug-likeness (QED) is 0.777. The number of quaternary nitrogens is 1. The summed E-state index contributed by atoms with van der Waals surface area (Å²) in [4.78, 5) is 1.30. The van der Waals surface area contributed by atoms with Crippen molar-refractivity contribution in [2.24, 2.45) is 5.92 Å². The Bertz CT molecular complexity index is 354. The fourth-order valence-corrected chi connectivity index (χ4v) is 2.30. The molecule has 0 saturated heterocycles. The van der Waals surface area contributed by atoms with Gasteiger partial charge in [-0.15, -0.1) is 0 Å². The largest absolute Gasteiger partial charge is 0.331 e. The zero-order valence-corrected chi connectivity index (χ0v) is 10.3. The molecule has 17 heavy (non-hydrogen) atoms. The monoisotopic (exact) mass is 240 g/mol. The van der Waals surface area contributed by atoms with Crippen LogP contribution in [0.1, 0.15) is 31.7 Å². The average Bonchev–Trinajstić information content (AvgIpc) is 3.08. The highest BCUT2D eigenvalue weighted by Gasteiger charge is 2.27. The maximum atomic E-state index is 13.6. The van der Waals surface area contributed by atoms with Crippen molar-refractivity contribution in [3.8, 4) is 0 Å². The van der Waals surface area contributed by atoms with Gasteiger partial charge in [0.2, 0.25) is 0 Å². The van der Waals surface area contributed by atoms with Gasteiger partial charge in [0.15, 0.2) is 0 Å². The average molecular weight is 240 g/mol. The summed E-state index contributed by atoms with van der Waals surface area (Å²) in [5.41, 5.74) is 0.247. The van der Waals surface area contributed by atoms with Crippen LogP contribution in [0, 0.1) is 17.6 Å². The van der Waals surface area contributed by atoms with Crippen LogP contribution in [0.4, 0.5) is 8.78 Å². The zero-order chi connectivity index (χ0) is 12.3. The molecule has 0 spiro atoms. The SMILES string of the molecule is CCC[NH+](Cc1c(F)cccc1F)CC1CC1. The normalized spacial score (nSPS) is 17.1. The first kappa shape index (κ1) is 12.5. The molecular weight excluding hydrogens is 220 g/mol. The maximum absolute atomic E-state index is 13.6. The number of nitrogens with one attached hydrogen (secondary N) is 1. The summed E-state index contributed by atoms with van der Waals surface area (Å²) in [7, 11) is 0. The van der Waals surface area contributed by atoms with Crippen molar-refractivity contribution in [3.63, 3.8) is 0 Å². The van der Waals surface area contributed by atoms with Crippen molar-refractivity contribution in [1.82, 2.24) is 0 Å². The van der Waals surface area contributed by atoms with E-state index in [0.717, 1.165) is 25.4 Å². The molecule has 1 unspecified atom stereocenters. The van der Waals surface area contributed by atoms with Crippen molar-refractivity contribution in [2.75, 3.05) is 13.1 Å². The van der Waals surface area contributed by atoms with Crippen molar-refractivity contribution in [2.45, 2.75) is 32.7 Å². The summed E-state index contributed by atoms with van der Waals surface area (Å²) in [6, 6.07) is 4.12. The standard InChI is InChI=1S/C14H19F2N/c1-2-8-17(9-11-6-7-11)10-12-13(15)4-3-5-14(12)16/h3-5,11H,2,6-10H2,1H3/p+1. The predicted octanol–water partition coefficient (Wildman–Crippen LogP) is 2.17. The van der Waals surface area contributed by atoms with Crippen LogP contribution in [0.3, 0.4) is 0 Å². The maximum Gasteiger partial charge on any atom is 0.135 e. The molecule has 94 valence electrons. The second-order valence-corrected chi connectivity index (χ2v) is 5.02.